The van der Waals surface area contributed by atoms with Gasteiger partial charge < -0.3 is 5.73 Å². The number of nitrogen functional groups attached to an aromatic ring is 1. The van der Waals surface area contributed by atoms with E-state index in [1.54, 1.807) is 0 Å². The molecule has 2 heteroatoms. The maximum Gasteiger partial charge on any atom is 0.211 e. The first-order chi connectivity index (χ1) is 8.33. The predicted molar refractivity (Wildman–Crippen MR) is 69.5 cm³/mol. The zero-order valence-corrected chi connectivity index (χ0v) is 9.38. The largest absolute Gasteiger partial charge is 0.399 e. The van der Waals surface area contributed by atoms with Crippen molar-refractivity contribution in [1.29, 1.82) is 0 Å². The molecule has 0 unspecified atom stereocenters. The number of hydrogen-bond donors (Lipinski definition) is 1. The smallest absolute Gasteiger partial charge is 0.211 e. The monoisotopic (exact) mass is 221 g/mol. The second-order valence-electron chi connectivity index (χ2n) is 4.07. The molecule has 2 N–H and O–H groups in total. The molecule has 2 aromatic heterocycles. The van der Waals surface area contributed by atoms with Crippen molar-refractivity contribution < 1.29 is 4.40 Å². The van der Waals surface area contributed by atoms with Crippen molar-refractivity contribution in [2.75, 3.05) is 5.73 Å². The van der Waals surface area contributed by atoms with Crippen LogP contribution in [0.4, 0.5) is 5.69 Å². The van der Waals surface area contributed by atoms with Crippen LogP contribution >= 0.6 is 0 Å². The summed E-state index contributed by atoms with van der Waals surface area (Å²) in [6.45, 7) is 0. The second kappa shape index (κ2) is 3.91. The first kappa shape index (κ1) is 9.85. The minimum absolute atomic E-state index is 0.795. The number of nitrogens with zero attached hydrogens (tertiary/aromatic N) is 1. The Labute approximate surface area is 100.0 Å². The van der Waals surface area contributed by atoms with Gasteiger partial charge in [-0.15, -0.1) is 0 Å². The van der Waals surface area contributed by atoms with E-state index in [1.165, 1.54) is 16.6 Å². The van der Waals surface area contributed by atoms with Crippen molar-refractivity contribution in [3.8, 4) is 11.1 Å². The van der Waals surface area contributed by atoms with Crippen LogP contribution in [0.3, 0.4) is 0 Å². The van der Waals surface area contributed by atoms with Crippen LogP contribution in [0.25, 0.3) is 16.6 Å². The van der Waals surface area contributed by atoms with Crippen molar-refractivity contribution in [1.82, 2.24) is 0 Å². The standard InChI is InChI=1S/C15H12N2/c16-14-6-4-12(5-7-14)13-8-10-17-9-2-1-3-15(17)11-13/h1-11,16H/p+1. The van der Waals surface area contributed by atoms with E-state index in [0.29, 0.717) is 0 Å². The van der Waals surface area contributed by atoms with E-state index in [2.05, 4.69) is 28.8 Å². The van der Waals surface area contributed by atoms with Crippen molar-refractivity contribution in [2.24, 2.45) is 0 Å². The van der Waals surface area contributed by atoms with Crippen LogP contribution in [-0.4, -0.2) is 0 Å². The van der Waals surface area contributed by atoms with Crippen LogP contribution in [0, 0.1) is 0 Å². The molecule has 1 aromatic carbocycles. The first-order valence-electron chi connectivity index (χ1n) is 5.59. The highest BCUT2D eigenvalue weighted by atomic mass is 14.8. The molecule has 0 radical (unpaired) electrons. The van der Waals surface area contributed by atoms with Gasteiger partial charge in [-0.3, -0.25) is 0 Å². The van der Waals surface area contributed by atoms with Crippen molar-refractivity contribution >= 4 is 11.2 Å². The molecule has 2 heterocycles. The highest BCUT2D eigenvalue weighted by Gasteiger charge is 2.03. The van der Waals surface area contributed by atoms with E-state index in [9.17, 15) is 0 Å². The van der Waals surface area contributed by atoms with E-state index >= 15 is 0 Å². The lowest BCUT2D eigenvalue weighted by Gasteiger charge is -2.01. The Kier molecular flexibility index (Phi) is 2.26. The van der Waals surface area contributed by atoms with Gasteiger partial charge in [0, 0.05) is 30.0 Å². The summed E-state index contributed by atoms with van der Waals surface area (Å²) in [5.41, 5.74) is 10.1. The third-order valence-corrected chi connectivity index (χ3v) is 2.89. The van der Waals surface area contributed by atoms with E-state index < -0.39 is 0 Å². The van der Waals surface area contributed by atoms with Gasteiger partial charge in [-0.2, -0.15) is 4.40 Å². The zero-order chi connectivity index (χ0) is 11.7. The summed E-state index contributed by atoms with van der Waals surface area (Å²) in [6, 6.07) is 18.4. The van der Waals surface area contributed by atoms with Gasteiger partial charge in [-0.25, -0.2) is 0 Å². The maximum absolute atomic E-state index is 5.69. The highest BCUT2D eigenvalue weighted by molar-refractivity contribution is 5.68. The molecular weight excluding hydrogens is 208 g/mol. The average molecular weight is 221 g/mol. The number of hydrogen-bond acceptors (Lipinski definition) is 1. The quantitative estimate of drug-likeness (QED) is 0.497. The van der Waals surface area contributed by atoms with Crippen LogP contribution < -0.4 is 10.1 Å². The Morgan fingerprint density at radius 2 is 1.59 bits per heavy atom. The van der Waals surface area contributed by atoms with E-state index in [4.69, 9.17) is 5.73 Å². The number of fused-ring (bicyclic) bond motifs is 1. The van der Waals surface area contributed by atoms with Crippen LogP contribution in [0.5, 0.6) is 0 Å². The van der Waals surface area contributed by atoms with Gasteiger partial charge in [0.15, 0.2) is 12.4 Å². The van der Waals surface area contributed by atoms with Gasteiger partial charge in [0.2, 0.25) is 5.52 Å². The molecule has 0 aliphatic carbocycles. The topological polar surface area (TPSA) is 30.1 Å². The second-order valence-corrected chi connectivity index (χ2v) is 4.07. The highest BCUT2D eigenvalue weighted by Crippen LogP contribution is 2.20. The minimum atomic E-state index is 0.795. The van der Waals surface area contributed by atoms with Gasteiger partial charge in [0.05, 0.1) is 0 Å². The third-order valence-electron chi connectivity index (χ3n) is 2.89. The van der Waals surface area contributed by atoms with Crippen LogP contribution in [0.1, 0.15) is 0 Å². The molecule has 0 bridgehead atoms. The molecule has 0 aliphatic heterocycles. The lowest BCUT2D eigenvalue weighted by atomic mass is 10.1. The fraction of sp³-hybridized carbons (Fsp3) is 0. The normalized spacial score (nSPS) is 10.6. The van der Waals surface area contributed by atoms with Crippen molar-refractivity contribution in [2.45, 2.75) is 0 Å². The Morgan fingerprint density at radius 3 is 2.41 bits per heavy atom. The molecule has 0 aliphatic rings. The van der Waals surface area contributed by atoms with Crippen LogP contribution in [0.15, 0.2) is 67.0 Å². The Bertz CT molecular complexity index is 657. The Balaban J connectivity index is 2.14. The Morgan fingerprint density at radius 1 is 0.765 bits per heavy atom. The molecule has 0 spiro atoms. The average Bonchev–Trinajstić information content (AvgIpc) is 2.39. The molecule has 0 saturated heterocycles. The molecule has 0 atom stereocenters. The molecule has 0 amide bonds. The van der Waals surface area contributed by atoms with Gasteiger partial charge in [-0.05, 0) is 29.3 Å². The van der Waals surface area contributed by atoms with Crippen molar-refractivity contribution in [3.63, 3.8) is 0 Å². The summed E-state index contributed by atoms with van der Waals surface area (Å²) >= 11 is 0. The third kappa shape index (κ3) is 1.85. The number of anilines is 1. The first-order valence-corrected chi connectivity index (χ1v) is 5.59. The number of aromatic nitrogens is 1. The molecule has 17 heavy (non-hydrogen) atoms. The lowest BCUT2D eigenvalue weighted by Crippen LogP contribution is -2.19. The lowest BCUT2D eigenvalue weighted by molar-refractivity contribution is -0.511. The molecular formula is C15H13N2+. The summed E-state index contributed by atoms with van der Waals surface area (Å²) in [7, 11) is 0. The molecule has 2 nitrogen and oxygen atoms in total. The maximum atomic E-state index is 5.69. The number of benzene rings is 1. The Hall–Kier alpha value is -2.35. The van der Waals surface area contributed by atoms with Gasteiger partial charge in [0.1, 0.15) is 0 Å². The molecule has 3 aromatic rings. The fourth-order valence-corrected chi connectivity index (χ4v) is 1.95. The number of rotatable bonds is 1. The minimum Gasteiger partial charge on any atom is -0.399 e. The van der Waals surface area contributed by atoms with E-state index in [1.807, 2.05) is 42.6 Å². The van der Waals surface area contributed by atoms with Crippen molar-refractivity contribution in [3.05, 3.63) is 67.0 Å². The molecule has 82 valence electrons. The van der Waals surface area contributed by atoms with Gasteiger partial charge >= 0.3 is 0 Å². The van der Waals surface area contributed by atoms with E-state index in [-0.39, 0.29) is 0 Å². The number of nitrogens with two attached hydrogens (primary N) is 1. The fourth-order valence-electron chi connectivity index (χ4n) is 1.95. The summed E-state index contributed by atoms with van der Waals surface area (Å²) < 4.78 is 2.10. The molecule has 0 saturated carbocycles. The van der Waals surface area contributed by atoms with Crippen LogP contribution in [-0.2, 0) is 0 Å². The summed E-state index contributed by atoms with van der Waals surface area (Å²) in [5.74, 6) is 0. The molecule has 3 rings (SSSR count). The number of pyridine rings is 2. The SMILES string of the molecule is Nc1ccc(-c2cc[n+]3ccccc3c2)cc1. The van der Waals surface area contributed by atoms with Gasteiger partial charge in [0.25, 0.3) is 0 Å². The van der Waals surface area contributed by atoms with Crippen LogP contribution in [0.2, 0.25) is 0 Å². The zero-order valence-electron chi connectivity index (χ0n) is 9.38. The summed E-state index contributed by atoms with van der Waals surface area (Å²) in [6.07, 6.45) is 4.11. The summed E-state index contributed by atoms with van der Waals surface area (Å²) in [4.78, 5) is 0. The van der Waals surface area contributed by atoms with E-state index in [0.717, 1.165) is 5.69 Å². The molecule has 0 fully saturated rings. The predicted octanol–water partition coefficient (Wildman–Crippen LogP) is 2.67. The summed E-state index contributed by atoms with van der Waals surface area (Å²) in [5, 5.41) is 0. The van der Waals surface area contributed by atoms with Gasteiger partial charge in [-0.1, -0.05) is 12.1 Å².